The molecule has 0 saturated carbocycles. The Labute approximate surface area is 178 Å². The molecule has 11 heteroatoms. The van der Waals surface area contributed by atoms with Crippen molar-refractivity contribution in [2.24, 2.45) is 0 Å². The number of sulfonamides is 1. The maximum Gasteiger partial charge on any atom is 0.435 e. The van der Waals surface area contributed by atoms with E-state index in [0.717, 1.165) is 12.7 Å². The number of fused-ring (bicyclic) bond motifs is 1. The maximum atomic E-state index is 13.8. The van der Waals surface area contributed by atoms with Crippen molar-refractivity contribution in [2.45, 2.75) is 45.3 Å². The van der Waals surface area contributed by atoms with Crippen molar-refractivity contribution in [1.82, 2.24) is 14.7 Å². The van der Waals surface area contributed by atoms with Crippen LogP contribution in [-0.2, 0) is 27.5 Å². The second-order valence-electron chi connectivity index (χ2n) is 7.90. The lowest BCUT2D eigenvalue weighted by Gasteiger charge is -2.28. The van der Waals surface area contributed by atoms with E-state index in [9.17, 15) is 26.4 Å². The Bertz CT molecular complexity index is 1150. The first-order valence-electron chi connectivity index (χ1n) is 9.85. The summed E-state index contributed by atoms with van der Waals surface area (Å²) in [7, 11) is -2.20. The zero-order valence-electron chi connectivity index (χ0n) is 17.7. The van der Waals surface area contributed by atoms with Crippen molar-refractivity contribution >= 4 is 32.5 Å². The summed E-state index contributed by atoms with van der Waals surface area (Å²) >= 11 is 0. The summed E-state index contributed by atoms with van der Waals surface area (Å²) in [4.78, 5) is 13.6. The predicted octanol–water partition coefficient (Wildman–Crippen LogP) is 3.73. The molecule has 170 valence electrons. The van der Waals surface area contributed by atoms with Crippen LogP contribution in [0.25, 0.3) is 10.9 Å². The first kappa shape index (κ1) is 23.1. The fourth-order valence-corrected chi connectivity index (χ4v) is 4.36. The zero-order chi connectivity index (χ0) is 23.1. The number of carbonyl (C=O) groups is 1. The fraction of sp³-hybridized carbons (Fsp3) is 0.500. The summed E-state index contributed by atoms with van der Waals surface area (Å²) in [6, 6.07) is 3.02. The SMILES string of the molecule is CCCCn1nc(C(F)(F)F)c2c(NS(C)(=O)=O)cc(C3C=C(C)C(=O)N(C)C3)cc21. The highest BCUT2D eigenvalue weighted by atomic mass is 32.2. The third-order valence-electron chi connectivity index (χ3n) is 5.20. The van der Waals surface area contributed by atoms with Crippen LogP contribution in [0.2, 0.25) is 0 Å². The standard InChI is InChI=1S/C20H25F3N4O3S/c1-5-6-7-27-16-10-13(14-8-12(2)19(28)26(3)11-14)9-15(25-31(4,29)30)17(16)18(24-27)20(21,22)23/h8-10,14,25H,5-7,11H2,1-4H3. The van der Waals surface area contributed by atoms with E-state index in [1.54, 1.807) is 26.1 Å². The minimum atomic E-state index is -4.75. The average Bonchev–Trinajstić information content (AvgIpc) is 3.02. The van der Waals surface area contributed by atoms with E-state index in [0.29, 0.717) is 24.1 Å². The van der Waals surface area contributed by atoms with E-state index in [4.69, 9.17) is 0 Å². The van der Waals surface area contributed by atoms with Crippen LogP contribution in [0.1, 0.15) is 43.9 Å². The number of nitrogens with one attached hydrogen (secondary N) is 1. The highest BCUT2D eigenvalue weighted by Gasteiger charge is 2.38. The Kier molecular flexibility index (Phi) is 6.09. The van der Waals surface area contributed by atoms with Crippen LogP contribution in [0.15, 0.2) is 23.8 Å². The number of aryl methyl sites for hydroxylation is 1. The third kappa shape index (κ3) is 4.86. The first-order chi connectivity index (χ1) is 14.3. The van der Waals surface area contributed by atoms with Crippen molar-refractivity contribution in [2.75, 3.05) is 24.6 Å². The minimum Gasteiger partial charge on any atom is -0.341 e. The number of halogens is 3. The second kappa shape index (κ2) is 8.18. The molecule has 0 bridgehead atoms. The molecule has 1 aliphatic rings. The Morgan fingerprint density at radius 3 is 2.52 bits per heavy atom. The van der Waals surface area contributed by atoms with E-state index in [-0.39, 0.29) is 35.0 Å². The van der Waals surface area contributed by atoms with Crippen molar-refractivity contribution < 1.29 is 26.4 Å². The van der Waals surface area contributed by atoms with Crippen LogP contribution in [0.5, 0.6) is 0 Å². The summed E-state index contributed by atoms with van der Waals surface area (Å²) in [5, 5.41) is 3.51. The van der Waals surface area contributed by atoms with Crippen molar-refractivity contribution in [3.63, 3.8) is 0 Å². The summed E-state index contributed by atoms with van der Waals surface area (Å²) in [6.07, 6.45) is -0.733. The predicted molar refractivity (Wildman–Crippen MR) is 112 cm³/mol. The number of alkyl halides is 3. The van der Waals surface area contributed by atoms with Gasteiger partial charge >= 0.3 is 6.18 Å². The molecule has 3 rings (SSSR count). The molecule has 1 unspecified atom stereocenters. The highest BCUT2D eigenvalue weighted by molar-refractivity contribution is 7.92. The van der Waals surface area contributed by atoms with Gasteiger partial charge in [0, 0.05) is 31.6 Å². The Hall–Kier alpha value is -2.56. The van der Waals surface area contributed by atoms with Gasteiger partial charge in [0.25, 0.3) is 0 Å². The van der Waals surface area contributed by atoms with Gasteiger partial charge in [-0.25, -0.2) is 8.42 Å². The summed E-state index contributed by atoms with van der Waals surface area (Å²) in [6.45, 7) is 4.19. The van der Waals surface area contributed by atoms with Crippen molar-refractivity contribution in [3.05, 3.63) is 35.0 Å². The lowest BCUT2D eigenvalue weighted by Crippen LogP contribution is -2.35. The smallest absolute Gasteiger partial charge is 0.341 e. The van der Waals surface area contributed by atoms with E-state index in [1.807, 2.05) is 6.92 Å². The number of amides is 1. The monoisotopic (exact) mass is 458 g/mol. The van der Waals surface area contributed by atoms with Crippen LogP contribution >= 0.6 is 0 Å². The third-order valence-corrected chi connectivity index (χ3v) is 5.79. The van der Waals surface area contributed by atoms with Gasteiger partial charge in [0.2, 0.25) is 15.9 Å². The van der Waals surface area contributed by atoms with Crippen molar-refractivity contribution in [3.8, 4) is 0 Å². The van der Waals surface area contributed by atoms with Crippen LogP contribution in [0.4, 0.5) is 18.9 Å². The number of carbonyl (C=O) groups excluding carboxylic acids is 1. The number of anilines is 1. The molecule has 1 aliphatic heterocycles. The molecule has 7 nitrogen and oxygen atoms in total. The number of likely N-dealkylation sites (N-methyl/N-ethyl adjacent to an activating group) is 1. The molecule has 2 heterocycles. The van der Waals surface area contributed by atoms with Gasteiger partial charge in [0.15, 0.2) is 5.69 Å². The van der Waals surface area contributed by atoms with Crippen molar-refractivity contribution in [1.29, 1.82) is 0 Å². The Morgan fingerprint density at radius 2 is 1.97 bits per heavy atom. The summed E-state index contributed by atoms with van der Waals surface area (Å²) in [5.74, 6) is -0.421. The van der Waals surface area contributed by atoms with E-state index in [2.05, 4.69) is 9.82 Å². The molecule has 1 atom stereocenters. The van der Waals surface area contributed by atoms with E-state index >= 15 is 0 Å². The Morgan fingerprint density at radius 1 is 1.29 bits per heavy atom. The minimum absolute atomic E-state index is 0.126. The van der Waals surface area contributed by atoms with Gasteiger partial charge in [0.05, 0.1) is 22.8 Å². The normalized spacial score (nSPS) is 17.9. The van der Waals surface area contributed by atoms with Gasteiger partial charge in [-0.15, -0.1) is 0 Å². The van der Waals surface area contributed by atoms with Gasteiger partial charge in [-0.3, -0.25) is 14.2 Å². The molecular formula is C20H25F3N4O3S. The molecule has 0 saturated heterocycles. The van der Waals surface area contributed by atoms with Gasteiger partial charge in [0.1, 0.15) is 0 Å². The number of benzene rings is 1. The molecule has 1 N–H and O–H groups in total. The van der Waals surface area contributed by atoms with Crippen LogP contribution in [0, 0.1) is 0 Å². The fourth-order valence-electron chi connectivity index (χ4n) is 3.80. The maximum absolute atomic E-state index is 13.8. The van der Waals surface area contributed by atoms with Gasteiger partial charge < -0.3 is 4.90 Å². The largest absolute Gasteiger partial charge is 0.435 e. The molecule has 1 aromatic heterocycles. The van der Waals surface area contributed by atoms with E-state index in [1.165, 1.54) is 15.6 Å². The Balaban J connectivity index is 2.30. The number of nitrogens with zero attached hydrogens (tertiary/aromatic N) is 3. The molecule has 0 spiro atoms. The second-order valence-corrected chi connectivity index (χ2v) is 9.65. The molecule has 31 heavy (non-hydrogen) atoms. The number of hydrogen-bond acceptors (Lipinski definition) is 4. The lowest BCUT2D eigenvalue weighted by atomic mass is 9.91. The number of unbranched alkanes of at least 4 members (excludes halogenated alkanes) is 1. The topological polar surface area (TPSA) is 84.3 Å². The molecule has 0 aliphatic carbocycles. The van der Waals surface area contributed by atoms with Crippen LogP contribution in [-0.4, -0.2) is 48.9 Å². The summed E-state index contributed by atoms with van der Waals surface area (Å²) < 4.78 is 68.7. The average molecular weight is 459 g/mol. The first-order valence-corrected chi connectivity index (χ1v) is 11.7. The number of rotatable bonds is 6. The molecule has 1 aromatic carbocycles. The number of aromatic nitrogens is 2. The molecule has 0 radical (unpaired) electrons. The molecule has 0 fully saturated rings. The highest BCUT2D eigenvalue weighted by Crippen LogP contribution is 2.40. The van der Waals surface area contributed by atoms with Gasteiger partial charge in [-0.1, -0.05) is 19.4 Å². The van der Waals surface area contributed by atoms with Crippen LogP contribution < -0.4 is 4.72 Å². The number of hydrogen-bond donors (Lipinski definition) is 1. The van der Waals surface area contributed by atoms with Gasteiger partial charge in [-0.2, -0.15) is 18.3 Å². The van der Waals surface area contributed by atoms with Gasteiger partial charge in [-0.05, 0) is 31.0 Å². The zero-order valence-corrected chi connectivity index (χ0v) is 18.6. The summed E-state index contributed by atoms with van der Waals surface area (Å²) in [5.41, 5.74) is 0.0281. The van der Waals surface area contributed by atoms with Crippen LogP contribution in [0.3, 0.4) is 0 Å². The molecule has 1 amide bonds. The van der Waals surface area contributed by atoms with E-state index < -0.39 is 21.9 Å². The quantitative estimate of drug-likeness (QED) is 0.715. The molecular weight excluding hydrogens is 433 g/mol. The lowest BCUT2D eigenvalue weighted by molar-refractivity contribution is -0.140. The molecule has 2 aromatic rings.